The van der Waals surface area contributed by atoms with E-state index in [2.05, 4.69) is 43.3 Å². The maximum absolute atomic E-state index is 3.68. The Balaban J connectivity index is 3.25. The van der Waals surface area contributed by atoms with Gasteiger partial charge in [0.15, 0.2) is 0 Å². The van der Waals surface area contributed by atoms with Crippen molar-refractivity contribution < 1.29 is 0 Å². The molecule has 1 N–H and O–H groups in total. The zero-order chi connectivity index (χ0) is 10.2. The van der Waals surface area contributed by atoms with Crippen molar-refractivity contribution in [3.8, 4) is 0 Å². The molecule has 0 aromatic carbocycles. The number of hydrogen-bond acceptors (Lipinski definition) is 1. The topological polar surface area (TPSA) is 12.0 Å². The third-order valence-electron chi connectivity index (χ3n) is 1.63. The Hall–Kier alpha value is -0.343. The van der Waals surface area contributed by atoms with Crippen molar-refractivity contribution in [2.75, 3.05) is 13.1 Å². The highest BCUT2D eigenvalue weighted by Crippen LogP contribution is 2.01. The fraction of sp³-hybridized carbons (Fsp3) is 0.636. The first-order valence-corrected chi connectivity index (χ1v) is 8.63. The molecule has 0 aromatic rings. The van der Waals surface area contributed by atoms with Crippen LogP contribution in [-0.4, -0.2) is 21.2 Å². The molecular formula is C11H23NSi. The molecule has 1 nitrogen and oxygen atoms in total. The lowest BCUT2D eigenvalue weighted by Crippen LogP contribution is -2.17. The molecule has 0 saturated carbocycles. The van der Waals surface area contributed by atoms with Gasteiger partial charge in [-0.15, -0.1) is 6.58 Å². The van der Waals surface area contributed by atoms with E-state index < -0.39 is 8.07 Å². The third kappa shape index (κ3) is 11.7. The Morgan fingerprint density at radius 2 is 1.77 bits per heavy atom. The number of nitrogens with one attached hydrogen (secondary N) is 1. The monoisotopic (exact) mass is 197 g/mol. The Bertz CT molecular complexity index is 156. The van der Waals surface area contributed by atoms with E-state index in [4.69, 9.17) is 0 Å². The van der Waals surface area contributed by atoms with Crippen LogP contribution in [0.25, 0.3) is 0 Å². The Kier molecular flexibility index (Phi) is 6.91. The van der Waals surface area contributed by atoms with Crippen LogP contribution in [0, 0.1) is 0 Å². The summed E-state index contributed by atoms with van der Waals surface area (Å²) in [6.07, 6.45) is 6.48. The minimum Gasteiger partial charge on any atom is -0.316 e. The van der Waals surface area contributed by atoms with Gasteiger partial charge in [0.1, 0.15) is 0 Å². The second kappa shape index (κ2) is 7.10. The van der Waals surface area contributed by atoms with Crippen molar-refractivity contribution in [1.82, 2.24) is 5.32 Å². The molecule has 0 heterocycles. The molecule has 0 amide bonds. The summed E-state index contributed by atoms with van der Waals surface area (Å²) in [6.45, 7) is 12.9. The van der Waals surface area contributed by atoms with E-state index in [1.54, 1.807) is 0 Å². The van der Waals surface area contributed by atoms with Crippen molar-refractivity contribution in [2.24, 2.45) is 0 Å². The van der Waals surface area contributed by atoms with Crippen LogP contribution in [0.4, 0.5) is 0 Å². The van der Waals surface area contributed by atoms with Gasteiger partial charge in [0.25, 0.3) is 0 Å². The van der Waals surface area contributed by atoms with E-state index in [-0.39, 0.29) is 0 Å². The van der Waals surface area contributed by atoms with Crippen LogP contribution in [0.2, 0.25) is 19.6 Å². The zero-order valence-electron chi connectivity index (χ0n) is 9.27. The maximum atomic E-state index is 3.68. The number of rotatable bonds is 7. The van der Waals surface area contributed by atoms with Crippen LogP contribution in [0.15, 0.2) is 24.4 Å². The quantitative estimate of drug-likeness (QED) is 0.376. The molecule has 0 saturated heterocycles. The predicted molar refractivity (Wildman–Crippen MR) is 64.8 cm³/mol. The molecule has 0 unspecified atom stereocenters. The molecule has 0 bridgehead atoms. The van der Waals surface area contributed by atoms with Gasteiger partial charge in [-0.05, 0) is 25.9 Å². The minimum absolute atomic E-state index is 0.957. The summed E-state index contributed by atoms with van der Waals surface area (Å²) >= 11 is 0. The lowest BCUT2D eigenvalue weighted by molar-refractivity contribution is 0.698. The first kappa shape index (κ1) is 12.7. The highest BCUT2D eigenvalue weighted by molar-refractivity contribution is 6.80. The molecule has 0 aliphatic rings. The molecule has 2 heteroatoms. The summed E-state index contributed by atoms with van der Waals surface area (Å²) in [5, 5.41) is 3.37. The van der Waals surface area contributed by atoms with Crippen molar-refractivity contribution >= 4 is 8.07 Å². The van der Waals surface area contributed by atoms with Gasteiger partial charge in [-0.2, -0.15) is 0 Å². The predicted octanol–water partition coefficient (Wildman–Crippen LogP) is 2.98. The first-order chi connectivity index (χ1) is 6.06. The molecule has 0 aliphatic carbocycles. The molecular weight excluding hydrogens is 174 g/mol. The van der Waals surface area contributed by atoms with Crippen LogP contribution in [0.5, 0.6) is 0 Å². The van der Waals surface area contributed by atoms with Crippen LogP contribution >= 0.6 is 0 Å². The summed E-state index contributed by atoms with van der Waals surface area (Å²) in [4.78, 5) is 0. The lowest BCUT2D eigenvalue weighted by Gasteiger charge is -2.08. The van der Waals surface area contributed by atoms with Gasteiger partial charge in [0.2, 0.25) is 0 Å². The highest BCUT2D eigenvalue weighted by Gasteiger charge is 2.05. The van der Waals surface area contributed by atoms with Gasteiger partial charge < -0.3 is 5.32 Å². The van der Waals surface area contributed by atoms with E-state index in [9.17, 15) is 0 Å². The molecule has 0 atom stereocenters. The summed E-state index contributed by atoms with van der Waals surface area (Å²) in [7, 11) is -0.957. The average Bonchev–Trinajstić information content (AvgIpc) is 2.01. The molecule has 0 spiro atoms. The molecule has 76 valence electrons. The summed E-state index contributed by atoms with van der Waals surface area (Å²) in [5.74, 6) is 0. The lowest BCUT2D eigenvalue weighted by atomic mass is 10.4. The molecule has 0 rings (SSSR count). The minimum atomic E-state index is -0.957. The van der Waals surface area contributed by atoms with Crippen molar-refractivity contribution in [2.45, 2.75) is 32.5 Å². The normalized spacial score (nSPS) is 12.2. The Morgan fingerprint density at radius 3 is 2.31 bits per heavy atom. The number of hydrogen-bond donors (Lipinski definition) is 1. The van der Waals surface area contributed by atoms with E-state index in [1.807, 2.05) is 6.08 Å². The maximum Gasteiger partial charge on any atom is 0.0682 e. The van der Waals surface area contributed by atoms with Gasteiger partial charge >= 0.3 is 0 Å². The van der Waals surface area contributed by atoms with Gasteiger partial charge in [0, 0.05) is 0 Å². The average molecular weight is 197 g/mol. The van der Waals surface area contributed by atoms with Crippen molar-refractivity contribution in [3.05, 3.63) is 24.4 Å². The van der Waals surface area contributed by atoms with Crippen LogP contribution in [0.1, 0.15) is 12.8 Å². The largest absolute Gasteiger partial charge is 0.316 e. The van der Waals surface area contributed by atoms with Gasteiger partial charge in [-0.1, -0.05) is 37.5 Å². The van der Waals surface area contributed by atoms with E-state index in [1.165, 1.54) is 0 Å². The summed E-state index contributed by atoms with van der Waals surface area (Å²) in [6, 6.07) is 0. The standard InChI is InChI=1S/C11H23NSi/c1-5-6-9-12-10-7-8-11-13(2,3)4/h5,8,11-12H,1,6-7,9-10H2,2-4H3/b11-8-. The fourth-order valence-electron chi connectivity index (χ4n) is 0.951. The van der Waals surface area contributed by atoms with Crippen LogP contribution < -0.4 is 5.32 Å². The van der Waals surface area contributed by atoms with E-state index in [0.717, 1.165) is 25.9 Å². The first-order valence-electron chi connectivity index (χ1n) is 5.05. The van der Waals surface area contributed by atoms with E-state index in [0.29, 0.717) is 0 Å². The van der Waals surface area contributed by atoms with Gasteiger partial charge in [-0.25, -0.2) is 0 Å². The Labute approximate surface area is 83.9 Å². The zero-order valence-corrected chi connectivity index (χ0v) is 10.3. The van der Waals surface area contributed by atoms with Crippen molar-refractivity contribution in [3.63, 3.8) is 0 Å². The molecule has 13 heavy (non-hydrogen) atoms. The van der Waals surface area contributed by atoms with E-state index >= 15 is 0 Å². The molecule has 0 aromatic heterocycles. The fourth-order valence-corrected chi connectivity index (χ4v) is 1.83. The SMILES string of the molecule is C=CCCNCC/C=C\[Si](C)(C)C. The second-order valence-electron chi connectivity index (χ2n) is 4.38. The second-order valence-corrected chi connectivity index (χ2v) is 9.45. The molecule has 0 radical (unpaired) electrons. The van der Waals surface area contributed by atoms with Crippen LogP contribution in [0.3, 0.4) is 0 Å². The molecule has 0 fully saturated rings. The summed E-state index contributed by atoms with van der Waals surface area (Å²) in [5.41, 5.74) is 2.40. The van der Waals surface area contributed by atoms with Gasteiger partial charge in [0.05, 0.1) is 8.07 Å². The third-order valence-corrected chi connectivity index (χ3v) is 2.87. The Morgan fingerprint density at radius 1 is 1.15 bits per heavy atom. The summed E-state index contributed by atoms with van der Waals surface area (Å²) < 4.78 is 0. The van der Waals surface area contributed by atoms with Crippen molar-refractivity contribution in [1.29, 1.82) is 0 Å². The smallest absolute Gasteiger partial charge is 0.0682 e. The van der Waals surface area contributed by atoms with Gasteiger partial charge in [-0.3, -0.25) is 0 Å². The highest BCUT2D eigenvalue weighted by atomic mass is 28.3. The van der Waals surface area contributed by atoms with Crippen LogP contribution in [-0.2, 0) is 0 Å². The molecule has 0 aliphatic heterocycles.